The van der Waals surface area contributed by atoms with Crippen molar-refractivity contribution in [2.45, 2.75) is 51.9 Å². The molecule has 0 bridgehead atoms. The molecule has 0 spiro atoms. The molecule has 0 radical (unpaired) electrons. The molecule has 1 heterocycles. The first-order chi connectivity index (χ1) is 8.74. The Morgan fingerprint density at radius 3 is 2.61 bits per heavy atom. The lowest BCUT2D eigenvalue weighted by Gasteiger charge is -1.96. The third kappa shape index (κ3) is 6.23. The fourth-order valence-electron chi connectivity index (χ4n) is 1.65. The second kappa shape index (κ2) is 9.19. The normalized spacial score (nSPS) is 9.89. The zero-order valence-corrected chi connectivity index (χ0v) is 12.4. The molecule has 0 aromatic carbocycles. The molecule has 1 nitrogen and oxygen atoms in total. The highest BCUT2D eigenvalue weighted by atomic mass is 35.5. The molecule has 0 aliphatic heterocycles. The van der Waals surface area contributed by atoms with E-state index in [-0.39, 0.29) is 0 Å². The quantitative estimate of drug-likeness (QED) is 0.380. The van der Waals surface area contributed by atoms with E-state index >= 15 is 0 Å². The van der Waals surface area contributed by atoms with Crippen molar-refractivity contribution in [1.82, 2.24) is 0 Å². The predicted octanol–water partition coefficient (Wildman–Crippen LogP) is 5.23. The van der Waals surface area contributed by atoms with Gasteiger partial charge in [0.05, 0.1) is 9.75 Å². The highest BCUT2D eigenvalue weighted by Gasteiger charge is 2.03. The molecule has 0 atom stereocenters. The second-order valence-electron chi connectivity index (χ2n) is 4.26. The Labute approximate surface area is 119 Å². The van der Waals surface area contributed by atoms with Crippen LogP contribution in [0.15, 0.2) is 12.1 Å². The number of carbonyl (C=O) groups is 1. The third-order valence-corrected chi connectivity index (χ3v) is 3.98. The lowest BCUT2D eigenvalue weighted by molar-refractivity contribution is 0.108. The monoisotopic (exact) mass is 282 g/mol. The standard InChI is InChI=1S/C15H19ClOS/c1-2-3-4-5-6-7-8-9-10-13-11-12-14(18-13)15(16)17/h11-12H,2-8H2,1H3. The van der Waals surface area contributed by atoms with Crippen LogP contribution in [0.4, 0.5) is 0 Å². The summed E-state index contributed by atoms with van der Waals surface area (Å²) in [7, 11) is 0. The lowest BCUT2D eigenvalue weighted by Crippen LogP contribution is -1.78. The van der Waals surface area contributed by atoms with Crippen LogP contribution in [-0.4, -0.2) is 5.24 Å². The van der Waals surface area contributed by atoms with Gasteiger partial charge in [-0.05, 0) is 30.2 Å². The highest BCUT2D eigenvalue weighted by molar-refractivity contribution is 7.16. The summed E-state index contributed by atoms with van der Waals surface area (Å²) in [6, 6.07) is 3.59. The van der Waals surface area contributed by atoms with E-state index in [0.29, 0.717) is 4.88 Å². The molecule has 1 aromatic rings. The molecule has 98 valence electrons. The summed E-state index contributed by atoms with van der Waals surface area (Å²) in [6.07, 6.45) is 8.67. The van der Waals surface area contributed by atoms with Crippen LogP contribution in [0, 0.1) is 11.8 Å². The molecule has 3 heteroatoms. The Bertz CT molecular complexity index is 425. The number of rotatable bonds is 7. The minimum Gasteiger partial charge on any atom is -0.275 e. The van der Waals surface area contributed by atoms with Gasteiger partial charge in [-0.3, -0.25) is 4.79 Å². The van der Waals surface area contributed by atoms with E-state index in [2.05, 4.69) is 18.8 Å². The number of carbonyl (C=O) groups excluding carboxylic acids is 1. The molecule has 0 unspecified atom stereocenters. The first-order valence-corrected chi connectivity index (χ1v) is 7.72. The van der Waals surface area contributed by atoms with E-state index in [1.54, 1.807) is 6.07 Å². The molecule has 0 amide bonds. The smallest absolute Gasteiger partial charge is 0.262 e. The SMILES string of the molecule is CCCCCCCCC#Cc1ccc(C(=O)Cl)s1. The van der Waals surface area contributed by atoms with Gasteiger partial charge < -0.3 is 0 Å². The molecular formula is C15H19ClOS. The summed E-state index contributed by atoms with van der Waals surface area (Å²) in [6.45, 7) is 2.23. The molecule has 0 saturated carbocycles. The maximum atomic E-state index is 10.9. The minimum atomic E-state index is -0.399. The van der Waals surface area contributed by atoms with Gasteiger partial charge in [-0.1, -0.05) is 50.9 Å². The van der Waals surface area contributed by atoms with Crippen molar-refractivity contribution in [2.75, 3.05) is 0 Å². The molecule has 0 fully saturated rings. The molecular weight excluding hydrogens is 264 g/mol. The largest absolute Gasteiger partial charge is 0.275 e. The van der Waals surface area contributed by atoms with Gasteiger partial charge in [0.25, 0.3) is 5.24 Å². The summed E-state index contributed by atoms with van der Waals surface area (Å²) >= 11 is 6.74. The number of hydrogen-bond donors (Lipinski definition) is 0. The Kier molecular flexibility index (Phi) is 7.80. The predicted molar refractivity (Wildman–Crippen MR) is 79.4 cm³/mol. The summed E-state index contributed by atoms with van der Waals surface area (Å²) < 4.78 is 0. The van der Waals surface area contributed by atoms with Crippen LogP contribution in [0.3, 0.4) is 0 Å². The van der Waals surface area contributed by atoms with Crippen LogP contribution in [0.2, 0.25) is 0 Å². The average Bonchev–Trinajstić information content (AvgIpc) is 2.81. The van der Waals surface area contributed by atoms with Crippen molar-refractivity contribution >= 4 is 28.2 Å². The van der Waals surface area contributed by atoms with E-state index in [1.807, 2.05) is 6.07 Å². The van der Waals surface area contributed by atoms with Crippen molar-refractivity contribution in [3.05, 3.63) is 21.9 Å². The topological polar surface area (TPSA) is 17.1 Å². The van der Waals surface area contributed by atoms with Gasteiger partial charge in [-0.15, -0.1) is 11.3 Å². The Morgan fingerprint density at radius 1 is 1.22 bits per heavy atom. The molecule has 1 rings (SSSR count). The van der Waals surface area contributed by atoms with Gasteiger partial charge in [0.2, 0.25) is 0 Å². The van der Waals surface area contributed by atoms with Crippen molar-refractivity contribution in [2.24, 2.45) is 0 Å². The molecule has 0 aliphatic carbocycles. The van der Waals surface area contributed by atoms with Crippen LogP contribution in [0.25, 0.3) is 0 Å². The highest BCUT2D eigenvalue weighted by Crippen LogP contribution is 2.17. The summed E-state index contributed by atoms with van der Waals surface area (Å²) in [5, 5.41) is -0.399. The van der Waals surface area contributed by atoms with Gasteiger partial charge in [0.15, 0.2) is 0 Å². The maximum absolute atomic E-state index is 10.9. The van der Waals surface area contributed by atoms with Crippen molar-refractivity contribution in [3.8, 4) is 11.8 Å². The van der Waals surface area contributed by atoms with Crippen LogP contribution < -0.4 is 0 Å². The first-order valence-electron chi connectivity index (χ1n) is 6.52. The van der Waals surface area contributed by atoms with Gasteiger partial charge in [-0.2, -0.15) is 0 Å². The molecule has 0 N–H and O–H groups in total. The van der Waals surface area contributed by atoms with E-state index in [1.165, 1.54) is 49.9 Å². The first kappa shape index (κ1) is 15.3. The summed E-state index contributed by atoms with van der Waals surface area (Å²) in [5.41, 5.74) is 0. The molecule has 0 aliphatic rings. The van der Waals surface area contributed by atoms with E-state index in [0.717, 1.165) is 11.3 Å². The van der Waals surface area contributed by atoms with Crippen molar-refractivity contribution < 1.29 is 4.79 Å². The lowest BCUT2D eigenvalue weighted by atomic mass is 10.1. The number of halogens is 1. The minimum absolute atomic E-state index is 0.399. The fraction of sp³-hybridized carbons (Fsp3) is 0.533. The van der Waals surface area contributed by atoms with Crippen LogP contribution in [-0.2, 0) is 0 Å². The van der Waals surface area contributed by atoms with Gasteiger partial charge in [0, 0.05) is 6.42 Å². The van der Waals surface area contributed by atoms with Crippen molar-refractivity contribution in [1.29, 1.82) is 0 Å². The molecule has 1 aromatic heterocycles. The number of unbranched alkanes of at least 4 members (excludes halogenated alkanes) is 6. The number of thiophene rings is 1. The molecule has 0 saturated heterocycles. The third-order valence-electron chi connectivity index (χ3n) is 2.67. The Balaban J connectivity index is 2.18. The molecule has 18 heavy (non-hydrogen) atoms. The Hall–Kier alpha value is -0.780. The van der Waals surface area contributed by atoms with E-state index < -0.39 is 5.24 Å². The van der Waals surface area contributed by atoms with Crippen LogP contribution >= 0.6 is 22.9 Å². The van der Waals surface area contributed by atoms with E-state index in [9.17, 15) is 4.79 Å². The van der Waals surface area contributed by atoms with Gasteiger partial charge in [-0.25, -0.2) is 0 Å². The zero-order valence-electron chi connectivity index (χ0n) is 10.8. The van der Waals surface area contributed by atoms with Crippen molar-refractivity contribution in [3.63, 3.8) is 0 Å². The maximum Gasteiger partial charge on any atom is 0.262 e. The average molecular weight is 283 g/mol. The second-order valence-corrected chi connectivity index (χ2v) is 5.68. The summed E-state index contributed by atoms with van der Waals surface area (Å²) in [4.78, 5) is 12.4. The van der Waals surface area contributed by atoms with Gasteiger partial charge in [0.1, 0.15) is 0 Å². The zero-order chi connectivity index (χ0) is 13.2. The fourth-order valence-corrected chi connectivity index (χ4v) is 2.55. The van der Waals surface area contributed by atoms with Crippen LogP contribution in [0.1, 0.15) is 66.4 Å². The Morgan fingerprint density at radius 2 is 1.94 bits per heavy atom. The van der Waals surface area contributed by atoms with Gasteiger partial charge >= 0.3 is 0 Å². The number of hydrogen-bond acceptors (Lipinski definition) is 2. The summed E-state index contributed by atoms with van der Waals surface area (Å²) in [5.74, 6) is 6.23. The van der Waals surface area contributed by atoms with Crippen LogP contribution in [0.5, 0.6) is 0 Å². The van der Waals surface area contributed by atoms with E-state index in [4.69, 9.17) is 11.6 Å².